The summed E-state index contributed by atoms with van der Waals surface area (Å²) in [5.41, 5.74) is 6.19. The maximum absolute atomic E-state index is 13.7. The second kappa shape index (κ2) is 5.13. The van der Waals surface area contributed by atoms with Gasteiger partial charge in [0.2, 0.25) is 5.91 Å². The number of rotatable bonds is 2. The Morgan fingerprint density at radius 3 is 2.90 bits per heavy atom. The summed E-state index contributed by atoms with van der Waals surface area (Å²) in [6.45, 7) is 1.30. The highest BCUT2D eigenvalue weighted by molar-refractivity contribution is 5.83. The largest absolute Gasteiger partial charge is 0.341 e. The lowest BCUT2D eigenvalue weighted by molar-refractivity contribution is -0.133. The topological polar surface area (TPSA) is 46.3 Å². The van der Waals surface area contributed by atoms with E-state index < -0.39 is 11.6 Å². The number of amides is 1. The number of benzene rings is 1. The van der Waals surface area contributed by atoms with Gasteiger partial charge in [0, 0.05) is 25.0 Å². The van der Waals surface area contributed by atoms with Crippen molar-refractivity contribution in [2.75, 3.05) is 13.1 Å². The van der Waals surface area contributed by atoms with Crippen molar-refractivity contribution < 1.29 is 13.6 Å². The van der Waals surface area contributed by atoms with Crippen molar-refractivity contribution in [3.8, 4) is 0 Å². The highest BCUT2D eigenvalue weighted by Gasteiger charge is 2.47. The Labute approximate surface area is 116 Å². The third-order valence-electron chi connectivity index (χ3n) is 4.23. The summed E-state index contributed by atoms with van der Waals surface area (Å²) < 4.78 is 26.9. The summed E-state index contributed by atoms with van der Waals surface area (Å²) in [7, 11) is 0. The maximum atomic E-state index is 13.7. The number of piperidine rings is 1. The number of hydrogen-bond donors (Lipinski definition) is 1. The minimum Gasteiger partial charge on any atom is -0.341 e. The lowest BCUT2D eigenvalue weighted by atomic mass is 10.0. The third kappa shape index (κ3) is 2.54. The molecule has 5 heteroatoms. The number of likely N-dealkylation sites (tertiary alicyclic amines) is 1. The van der Waals surface area contributed by atoms with Gasteiger partial charge in [0.15, 0.2) is 0 Å². The maximum Gasteiger partial charge on any atom is 0.226 e. The molecule has 1 heterocycles. The van der Waals surface area contributed by atoms with Crippen molar-refractivity contribution >= 4 is 5.91 Å². The van der Waals surface area contributed by atoms with Crippen molar-refractivity contribution in [3.63, 3.8) is 0 Å². The van der Waals surface area contributed by atoms with Gasteiger partial charge in [0.1, 0.15) is 11.6 Å². The molecular formula is C15H18F2N2O. The van der Waals surface area contributed by atoms with Crippen LogP contribution in [0.3, 0.4) is 0 Å². The molecule has 2 N–H and O–H groups in total. The van der Waals surface area contributed by atoms with E-state index in [1.165, 1.54) is 6.07 Å². The first kappa shape index (κ1) is 13.5. The first-order valence-electron chi connectivity index (χ1n) is 7.05. The van der Waals surface area contributed by atoms with Crippen molar-refractivity contribution in [3.05, 3.63) is 35.4 Å². The highest BCUT2D eigenvalue weighted by atomic mass is 19.1. The summed E-state index contributed by atoms with van der Waals surface area (Å²) in [4.78, 5) is 14.1. The number of carbonyl (C=O) groups is 1. The summed E-state index contributed by atoms with van der Waals surface area (Å²) in [5.74, 6) is -1.25. The molecule has 0 aromatic heterocycles. The molecule has 0 radical (unpaired) electrons. The molecule has 2 aliphatic rings. The van der Waals surface area contributed by atoms with E-state index in [1.54, 1.807) is 4.90 Å². The quantitative estimate of drug-likeness (QED) is 0.901. The van der Waals surface area contributed by atoms with Crippen LogP contribution in [0.5, 0.6) is 0 Å². The molecule has 3 nitrogen and oxygen atoms in total. The van der Waals surface area contributed by atoms with Crippen molar-refractivity contribution in [1.29, 1.82) is 0 Å². The fourth-order valence-electron chi connectivity index (χ4n) is 3.06. The van der Waals surface area contributed by atoms with Gasteiger partial charge < -0.3 is 10.6 Å². The Bertz CT molecular complexity index is 535. The van der Waals surface area contributed by atoms with Gasteiger partial charge in [-0.15, -0.1) is 0 Å². The van der Waals surface area contributed by atoms with Gasteiger partial charge in [-0.05, 0) is 48.9 Å². The molecule has 1 aliphatic heterocycles. The molecule has 1 aromatic carbocycles. The zero-order valence-electron chi connectivity index (χ0n) is 11.2. The molecule has 20 heavy (non-hydrogen) atoms. The molecule has 1 aromatic rings. The van der Waals surface area contributed by atoms with Crippen LogP contribution in [0.15, 0.2) is 18.2 Å². The molecular weight excluding hydrogens is 262 g/mol. The number of nitrogens with zero attached hydrogens (tertiary/aromatic N) is 1. The Balaban J connectivity index is 1.69. The Morgan fingerprint density at radius 1 is 1.35 bits per heavy atom. The fourth-order valence-corrected chi connectivity index (χ4v) is 3.06. The minimum absolute atomic E-state index is 0.0359. The first-order valence-corrected chi connectivity index (χ1v) is 7.05. The Kier molecular flexibility index (Phi) is 3.46. The minimum atomic E-state index is -0.459. The predicted octanol–water partition coefficient (Wildman–Crippen LogP) is 2.02. The SMILES string of the molecule is N[C@@H]1CCCN(C(=O)[C@@H]2C[C@@H]2c2cc(F)ccc2F)C1. The van der Waals surface area contributed by atoms with Crippen molar-refractivity contribution in [1.82, 2.24) is 4.90 Å². The molecule has 1 aliphatic carbocycles. The van der Waals surface area contributed by atoms with Gasteiger partial charge in [-0.3, -0.25) is 4.79 Å². The second-order valence-electron chi connectivity index (χ2n) is 5.80. The molecule has 3 atom stereocenters. The standard InChI is InChI=1S/C15H18F2N2O/c16-9-3-4-14(17)12(6-9)11-7-13(11)15(20)19-5-1-2-10(18)8-19/h3-4,6,10-11,13H,1-2,5,7-8,18H2/t10-,11-,13-/m1/s1. The van der Waals surface area contributed by atoms with Crippen LogP contribution in [0.25, 0.3) is 0 Å². The normalized spacial score (nSPS) is 29.4. The fraction of sp³-hybridized carbons (Fsp3) is 0.533. The molecule has 0 unspecified atom stereocenters. The molecule has 108 valence electrons. The third-order valence-corrected chi connectivity index (χ3v) is 4.23. The zero-order chi connectivity index (χ0) is 14.3. The number of hydrogen-bond acceptors (Lipinski definition) is 2. The molecule has 3 rings (SSSR count). The van der Waals surface area contributed by atoms with E-state index in [1.807, 2.05) is 0 Å². The van der Waals surface area contributed by atoms with Crippen LogP contribution in [0.2, 0.25) is 0 Å². The molecule has 1 saturated heterocycles. The monoisotopic (exact) mass is 280 g/mol. The first-order chi connectivity index (χ1) is 9.56. The van der Waals surface area contributed by atoms with E-state index in [9.17, 15) is 13.6 Å². The van der Waals surface area contributed by atoms with E-state index in [2.05, 4.69) is 0 Å². The average Bonchev–Trinajstić information content (AvgIpc) is 3.21. The summed E-state index contributed by atoms with van der Waals surface area (Å²) in [6.07, 6.45) is 2.46. The molecule has 1 saturated carbocycles. The van der Waals surface area contributed by atoms with Crippen molar-refractivity contribution in [2.45, 2.75) is 31.2 Å². The molecule has 0 spiro atoms. The van der Waals surface area contributed by atoms with E-state index in [0.29, 0.717) is 18.5 Å². The van der Waals surface area contributed by atoms with Crippen LogP contribution in [0.1, 0.15) is 30.7 Å². The van der Waals surface area contributed by atoms with Crippen LogP contribution in [-0.4, -0.2) is 29.9 Å². The summed E-state index contributed by atoms with van der Waals surface area (Å²) >= 11 is 0. The van der Waals surface area contributed by atoms with E-state index >= 15 is 0 Å². The number of nitrogens with two attached hydrogens (primary N) is 1. The zero-order valence-corrected chi connectivity index (χ0v) is 11.2. The van der Waals surface area contributed by atoms with Crippen LogP contribution in [0.4, 0.5) is 8.78 Å². The van der Waals surface area contributed by atoms with Crippen molar-refractivity contribution in [2.24, 2.45) is 11.7 Å². The van der Waals surface area contributed by atoms with Gasteiger partial charge in [0.25, 0.3) is 0 Å². The van der Waals surface area contributed by atoms with Crippen LogP contribution < -0.4 is 5.73 Å². The lowest BCUT2D eigenvalue weighted by Crippen LogP contribution is -2.46. The summed E-state index contributed by atoms with van der Waals surface area (Å²) in [5, 5.41) is 0. The van der Waals surface area contributed by atoms with Gasteiger partial charge in [-0.2, -0.15) is 0 Å². The van der Waals surface area contributed by atoms with Gasteiger partial charge in [-0.1, -0.05) is 0 Å². The predicted molar refractivity (Wildman–Crippen MR) is 71.0 cm³/mol. The van der Waals surface area contributed by atoms with Crippen LogP contribution in [0, 0.1) is 17.6 Å². The average molecular weight is 280 g/mol. The second-order valence-corrected chi connectivity index (χ2v) is 5.80. The lowest BCUT2D eigenvalue weighted by Gasteiger charge is -2.31. The Morgan fingerprint density at radius 2 is 2.15 bits per heavy atom. The number of carbonyl (C=O) groups excluding carboxylic acids is 1. The molecule has 2 fully saturated rings. The molecule has 0 bridgehead atoms. The van der Waals surface area contributed by atoms with E-state index in [4.69, 9.17) is 5.73 Å². The van der Waals surface area contributed by atoms with Crippen LogP contribution >= 0.6 is 0 Å². The smallest absolute Gasteiger partial charge is 0.226 e. The van der Waals surface area contributed by atoms with Gasteiger partial charge in [0.05, 0.1) is 0 Å². The Hall–Kier alpha value is -1.49. The highest BCUT2D eigenvalue weighted by Crippen LogP contribution is 2.49. The molecule has 1 amide bonds. The van der Waals surface area contributed by atoms with Gasteiger partial charge in [-0.25, -0.2) is 8.78 Å². The van der Waals surface area contributed by atoms with E-state index in [-0.39, 0.29) is 23.8 Å². The number of halogens is 2. The van der Waals surface area contributed by atoms with E-state index in [0.717, 1.165) is 31.5 Å². The summed E-state index contributed by atoms with van der Waals surface area (Å²) in [6, 6.07) is 3.47. The van der Waals surface area contributed by atoms with Gasteiger partial charge >= 0.3 is 0 Å². The van der Waals surface area contributed by atoms with Crippen LogP contribution in [-0.2, 0) is 4.79 Å².